The highest BCUT2D eigenvalue weighted by atomic mass is 16.3. The van der Waals surface area contributed by atoms with E-state index in [1.165, 1.54) is 5.56 Å². The zero-order valence-corrected chi connectivity index (χ0v) is 12.4. The van der Waals surface area contributed by atoms with Gasteiger partial charge in [-0.25, -0.2) is 4.98 Å². The van der Waals surface area contributed by atoms with E-state index < -0.39 is 0 Å². The van der Waals surface area contributed by atoms with E-state index in [4.69, 9.17) is 0 Å². The van der Waals surface area contributed by atoms with Gasteiger partial charge in [0.25, 0.3) is 0 Å². The molecule has 1 rings (SSSR count). The lowest BCUT2D eigenvalue weighted by molar-refractivity contribution is 0.301. The first-order chi connectivity index (χ1) is 9.24. The van der Waals surface area contributed by atoms with Crippen molar-refractivity contribution < 1.29 is 5.11 Å². The van der Waals surface area contributed by atoms with Crippen LogP contribution >= 0.6 is 0 Å². The van der Waals surface area contributed by atoms with E-state index in [1.54, 1.807) is 0 Å². The van der Waals surface area contributed by atoms with Crippen LogP contribution in [0.2, 0.25) is 0 Å². The molecule has 4 nitrogen and oxygen atoms in total. The first-order valence-electron chi connectivity index (χ1n) is 7.28. The van der Waals surface area contributed by atoms with Crippen LogP contribution < -0.4 is 10.2 Å². The third-order valence-corrected chi connectivity index (χ3v) is 3.15. The summed E-state index contributed by atoms with van der Waals surface area (Å²) in [5.41, 5.74) is 1.21. The van der Waals surface area contributed by atoms with Crippen LogP contribution in [0.25, 0.3) is 0 Å². The molecule has 0 saturated heterocycles. The molecule has 0 aliphatic heterocycles. The first-order valence-corrected chi connectivity index (χ1v) is 7.28. The number of nitrogens with one attached hydrogen (secondary N) is 1. The topological polar surface area (TPSA) is 48.4 Å². The summed E-state index contributed by atoms with van der Waals surface area (Å²) in [6.45, 7) is 9.20. The Morgan fingerprint density at radius 2 is 2.11 bits per heavy atom. The fraction of sp³-hybridized carbons (Fsp3) is 0.667. The standard InChI is InChI=1S/C15H27N3O/c1-4-8-16-13(3)14-7-6-9-17-15(14)18(10-5-2)11-12-19/h6-7,9,13,16,19H,4-5,8,10-12H2,1-3H3. The molecular weight excluding hydrogens is 238 g/mol. The fourth-order valence-electron chi connectivity index (χ4n) is 2.20. The van der Waals surface area contributed by atoms with Crippen LogP contribution in [0, 0.1) is 0 Å². The van der Waals surface area contributed by atoms with Crippen molar-refractivity contribution in [3.8, 4) is 0 Å². The summed E-state index contributed by atoms with van der Waals surface area (Å²) in [6, 6.07) is 4.38. The number of aliphatic hydroxyl groups is 1. The summed E-state index contributed by atoms with van der Waals surface area (Å²) in [5, 5.41) is 12.7. The van der Waals surface area contributed by atoms with E-state index >= 15 is 0 Å². The molecule has 1 aromatic rings. The van der Waals surface area contributed by atoms with Crippen LogP contribution in [0.5, 0.6) is 0 Å². The summed E-state index contributed by atoms with van der Waals surface area (Å²) in [6.07, 6.45) is 3.99. The molecule has 0 spiro atoms. The van der Waals surface area contributed by atoms with Crippen molar-refractivity contribution >= 4 is 5.82 Å². The summed E-state index contributed by atoms with van der Waals surface area (Å²) >= 11 is 0. The molecule has 4 heteroatoms. The molecule has 0 aliphatic carbocycles. The van der Waals surface area contributed by atoms with Gasteiger partial charge in [-0.3, -0.25) is 0 Å². The lowest BCUT2D eigenvalue weighted by Crippen LogP contribution is -2.31. The number of anilines is 1. The summed E-state index contributed by atoms with van der Waals surface area (Å²) < 4.78 is 0. The maximum absolute atomic E-state index is 9.21. The smallest absolute Gasteiger partial charge is 0.133 e. The molecule has 0 bridgehead atoms. The largest absolute Gasteiger partial charge is 0.395 e. The zero-order valence-electron chi connectivity index (χ0n) is 12.4. The summed E-state index contributed by atoms with van der Waals surface area (Å²) in [5.74, 6) is 0.995. The van der Waals surface area contributed by atoms with Gasteiger partial charge in [0.05, 0.1) is 6.61 Å². The molecule has 1 heterocycles. The molecule has 0 radical (unpaired) electrons. The van der Waals surface area contributed by atoms with E-state index in [1.807, 2.05) is 12.3 Å². The minimum Gasteiger partial charge on any atom is -0.395 e. The molecule has 2 N–H and O–H groups in total. The van der Waals surface area contributed by atoms with Crippen molar-refractivity contribution in [2.45, 2.75) is 39.7 Å². The second-order valence-corrected chi connectivity index (χ2v) is 4.80. The van der Waals surface area contributed by atoms with Gasteiger partial charge in [-0.1, -0.05) is 19.9 Å². The Kier molecular flexibility index (Phi) is 7.45. The van der Waals surface area contributed by atoms with Gasteiger partial charge in [0.2, 0.25) is 0 Å². The minimum absolute atomic E-state index is 0.160. The van der Waals surface area contributed by atoms with Crippen LogP contribution in [0.4, 0.5) is 5.82 Å². The predicted molar refractivity (Wildman–Crippen MR) is 80.5 cm³/mol. The van der Waals surface area contributed by atoms with Gasteiger partial charge >= 0.3 is 0 Å². The van der Waals surface area contributed by atoms with E-state index in [0.717, 1.165) is 31.7 Å². The van der Waals surface area contributed by atoms with Gasteiger partial charge in [0, 0.05) is 30.9 Å². The molecule has 1 unspecified atom stereocenters. The van der Waals surface area contributed by atoms with Crippen molar-refractivity contribution in [1.82, 2.24) is 10.3 Å². The maximum Gasteiger partial charge on any atom is 0.133 e. The molecule has 0 aliphatic rings. The molecule has 0 aromatic carbocycles. The van der Waals surface area contributed by atoms with Crippen molar-refractivity contribution in [3.63, 3.8) is 0 Å². The second-order valence-electron chi connectivity index (χ2n) is 4.80. The Hall–Kier alpha value is -1.13. The molecule has 0 fully saturated rings. The summed E-state index contributed by atoms with van der Waals surface area (Å²) in [7, 11) is 0. The second kappa shape index (κ2) is 8.88. The lowest BCUT2D eigenvalue weighted by Gasteiger charge is -2.27. The third-order valence-electron chi connectivity index (χ3n) is 3.15. The average Bonchev–Trinajstić information content (AvgIpc) is 2.44. The van der Waals surface area contributed by atoms with Gasteiger partial charge in [-0.2, -0.15) is 0 Å². The fourth-order valence-corrected chi connectivity index (χ4v) is 2.20. The maximum atomic E-state index is 9.21. The number of pyridine rings is 1. The Bertz CT molecular complexity index is 351. The lowest BCUT2D eigenvalue weighted by atomic mass is 10.1. The molecular formula is C15H27N3O. The Morgan fingerprint density at radius 3 is 2.74 bits per heavy atom. The van der Waals surface area contributed by atoms with Crippen LogP contribution in [-0.2, 0) is 0 Å². The number of hydrogen-bond donors (Lipinski definition) is 2. The minimum atomic E-state index is 0.160. The highest BCUT2D eigenvalue weighted by Gasteiger charge is 2.15. The highest BCUT2D eigenvalue weighted by molar-refractivity contribution is 5.48. The van der Waals surface area contributed by atoms with Crippen molar-refractivity contribution in [3.05, 3.63) is 23.9 Å². The van der Waals surface area contributed by atoms with Crippen molar-refractivity contribution in [1.29, 1.82) is 0 Å². The van der Waals surface area contributed by atoms with Crippen molar-refractivity contribution in [2.24, 2.45) is 0 Å². The van der Waals surface area contributed by atoms with E-state index in [0.29, 0.717) is 6.54 Å². The van der Waals surface area contributed by atoms with Gasteiger partial charge in [-0.05, 0) is 32.4 Å². The SMILES string of the molecule is CCCNC(C)c1cccnc1N(CCC)CCO. The number of nitrogens with zero attached hydrogens (tertiary/aromatic N) is 2. The number of aliphatic hydroxyl groups excluding tert-OH is 1. The Morgan fingerprint density at radius 1 is 1.32 bits per heavy atom. The van der Waals surface area contributed by atoms with Gasteiger partial charge in [0.1, 0.15) is 5.82 Å². The van der Waals surface area contributed by atoms with Crippen LogP contribution in [0.1, 0.15) is 45.2 Å². The number of rotatable bonds is 9. The van der Waals surface area contributed by atoms with Crippen LogP contribution in [0.15, 0.2) is 18.3 Å². The quantitative estimate of drug-likeness (QED) is 0.719. The van der Waals surface area contributed by atoms with E-state index in [9.17, 15) is 5.11 Å². The molecule has 0 amide bonds. The zero-order chi connectivity index (χ0) is 14.1. The molecule has 1 aromatic heterocycles. The third kappa shape index (κ3) is 4.80. The van der Waals surface area contributed by atoms with E-state index in [-0.39, 0.29) is 12.6 Å². The predicted octanol–water partition coefficient (Wildman–Crippen LogP) is 2.35. The summed E-state index contributed by atoms with van der Waals surface area (Å²) in [4.78, 5) is 6.69. The molecule has 1 atom stereocenters. The molecule has 0 saturated carbocycles. The molecule has 19 heavy (non-hydrogen) atoms. The van der Waals surface area contributed by atoms with Gasteiger partial charge < -0.3 is 15.3 Å². The normalized spacial score (nSPS) is 12.4. The van der Waals surface area contributed by atoms with Crippen molar-refractivity contribution in [2.75, 3.05) is 31.1 Å². The van der Waals surface area contributed by atoms with Crippen LogP contribution in [0.3, 0.4) is 0 Å². The monoisotopic (exact) mass is 265 g/mol. The van der Waals surface area contributed by atoms with Gasteiger partial charge in [0.15, 0.2) is 0 Å². The highest BCUT2D eigenvalue weighted by Crippen LogP contribution is 2.23. The van der Waals surface area contributed by atoms with Gasteiger partial charge in [-0.15, -0.1) is 0 Å². The van der Waals surface area contributed by atoms with E-state index in [2.05, 4.69) is 42.0 Å². The Labute approximate surface area is 116 Å². The number of hydrogen-bond acceptors (Lipinski definition) is 4. The first kappa shape index (κ1) is 15.9. The Balaban J connectivity index is 2.91. The van der Waals surface area contributed by atoms with Crippen LogP contribution in [-0.4, -0.2) is 36.3 Å². The average molecular weight is 265 g/mol. The number of aromatic nitrogens is 1. The molecule has 108 valence electrons.